The van der Waals surface area contributed by atoms with Gasteiger partial charge in [0, 0.05) is 30.7 Å². The van der Waals surface area contributed by atoms with Crippen LogP contribution >= 0.6 is 11.6 Å². The van der Waals surface area contributed by atoms with Gasteiger partial charge in [-0.2, -0.15) is 4.31 Å². The van der Waals surface area contributed by atoms with Crippen LogP contribution < -0.4 is 5.32 Å². The predicted molar refractivity (Wildman–Crippen MR) is 121 cm³/mol. The summed E-state index contributed by atoms with van der Waals surface area (Å²) in [6, 6.07) is 10.6. The molecule has 2 aromatic rings. The molecule has 10 heteroatoms. The van der Waals surface area contributed by atoms with Crippen LogP contribution in [0.5, 0.6) is 0 Å². The molecule has 0 fully saturated rings. The van der Waals surface area contributed by atoms with Crippen LogP contribution in [-0.2, 0) is 26.2 Å². The second-order valence-electron chi connectivity index (χ2n) is 7.30. The number of likely N-dealkylation sites (N-methyl/N-ethyl adjacent to an activating group) is 1. The standard InChI is InChI=1S/C22H27ClFN3O4S/c1-4-13-25-22(29)16(2)27(14-17-7-5-6-8-20(17)24)21(28)15-26(3)32(30,31)19-11-9-18(23)10-12-19/h5-12,16H,4,13-15H2,1-3H3,(H,25,29). The maximum Gasteiger partial charge on any atom is 0.243 e. The number of rotatable bonds is 10. The molecule has 0 radical (unpaired) electrons. The van der Waals surface area contributed by atoms with Crippen LogP contribution in [0.4, 0.5) is 4.39 Å². The van der Waals surface area contributed by atoms with Gasteiger partial charge in [0.25, 0.3) is 0 Å². The van der Waals surface area contributed by atoms with Gasteiger partial charge in [-0.05, 0) is 43.7 Å². The van der Waals surface area contributed by atoms with E-state index in [4.69, 9.17) is 11.6 Å². The van der Waals surface area contributed by atoms with E-state index < -0.39 is 40.2 Å². The Hall–Kier alpha value is -2.49. The van der Waals surface area contributed by atoms with Crippen molar-refractivity contribution >= 4 is 33.4 Å². The van der Waals surface area contributed by atoms with Gasteiger partial charge in [0.2, 0.25) is 21.8 Å². The van der Waals surface area contributed by atoms with Gasteiger partial charge >= 0.3 is 0 Å². The highest BCUT2D eigenvalue weighted by molar-refractivity contribution is 7.89. The van der Waals surface area contributed by atoms with E-state index in [0.717, 1.165) is 4.31 Å². The first kappa shape index (κ1) is 25.8. The number of hydrogen-bond donors (Lipinski definition) is 1. The van der Waals surface area contributed by atoms with Crippen LogP contribution in [0.1, 0.15) is 25.8 Å². The molecule has 0 aliphatic heterocycles. The van der Waals surface area contributed by atoms with Gasteiger partial charge in [0.1, 0.15) is 11.9 Å². The lowest BCUT2D eigenvalue weighted by atomic mass is 10.1. The van der Waals surface area contributed by atoms with Crippen LogP contribution in [0.15, 0.2) is 53.4 Å². The number of hydrogen-bond acceptors (Lipinski definition) is 4. The third kappa shape index (κ3) is 6.51. The van der Waals surface area contributed by atoms with Gasteiger partial charge in [0.05, 0.1) is 11.4 Å². The third-order valence-corrected chi connectivity index (χ3v) is 6.96. The molecule has 0 aliphatic rings. The molecule has 0 bridgehead atoms. The topological polar surface area (TPSA) is 86.8 Å². The number of halogens is 2. The van der Waals surface area contributed by atoms with Gasteiger partial charge in [-0.25, -0.2) is 12.8 Å². The largest absolute Gasteiger partial charge is 0.354 e. The number of amides is 2. The lowest BCUT2D eigenvalue weighted by molar-refractivity contribution is -0.140. The molecule has 174 valence electrons. The quantitative estimate of drug-likeness (QED) is 0.562. The predicted octanol–water partition coefficient (Wildman–Crippen LogP) is 3.04. The molecule has 2 amide bonds. The Kier molecular flexibility index (Phi) is 9.18. The van der Waals surface area contributed by atoms with Crippen molar-refractivity contribution < 1.29 is 22.4 Å². The van der Waals surface area contributed by atoms with Crippen LogP contribution in [0, 0.1) is 5.82 Å². The van der Waals surface area contributed by atoms with E-state index in [2.05, 4.69) is 5.32 Å². The fourth-order valence-corrected chi connectivity index (χ4v) is 4.19. The fourth-order valence-electron chi connectivity index (χ4n) is 2.94. The van der Waals surface area contributed by atoms with Crippen molar-refractivity contribution in [1.29, 1.82) is 0 Å². The first-order valence-corrected chi connectivity index (χ1v) is 11.9. The van der Waals surface area contributed by atoms with E-state index in [1.165, 1.54) is 61.3 Å². The second kappa shape index (κ2) is 11.4. The number of nitrogens with zero attached hydrogens (tertiary/aromatic N) is 2. The van der Waals surface area contributed by atoms with Gasteiger partial charge in [0.15, 0.2) is 0 Å². The van der Waals surface area contributed by atoms with Crippen LogP contribution in [0.25, 0.3) is 0 Å². The number of nitrogens with one attached hydrogen (secondary N) is 1. The summed E-state index contributed by atoms with van der Waals surface area (Å²) in [6.07, 6.45) is 0.710. The summed E-state index contributed by atoms with van der Waals surface area (Å²) in [5.74, 6) is -1.55. The van der Waals surface area contributed by atoms with Gasteiger partial charge in [-0.1, -0.05) is 36.7 Å². The summed E-state index contributed by atoms with van der Waals surface area (Å²) in [5, 5.41) is 3.09. The Balaban J connectivity index is 2.27. The van der Waals surface area contributed by atoms with E-state index in [9.17, 15) is 22.4 Å². The monoisotopic (exact) mass is 483 g/mol. The molecule has 0 spiro atoms. The van der Waals surface area contributed by atoms with Gasteiger partial charge in [-0.15, -0.1) is 0 Å². The lowest BCUT2D eigenvalue weighted by Gasteiger charge is -2.30. The van der Waals surface area contributed by atoms with Crippen LogP contribution in [0.3, 0.4) is 0 Å². The molecule has 0 aliphatic carbocycles. The highest BCUT2D eigenvalue weighted by atomic mass is 35.5. The normalized spacial score (nSPS) is 12.4. The van der Waals surface area contributed by atoms with Crippen molar-refractivity contribution in [1.82, 2.24) is 14.5 Å². The molecule has 0 heterocycles. The molecule has 7 nitrogen and oxygen atoms in total. The second-order valence-corrected chi connectivity index (χ2v) is 9.78. The molecule has 1 unspecified atom stereocenters. The summed E-state index contributed by atoms with van der Waals surface area (Å²) in [4.78, 5) is 26.8. The third-order valence-electron chi connectivity index (χ3n) is 4.89. The van der Waals surface area contributed by atoms with Crippen LogP contribution in [-0.4, -0.2) is 55.6 Å². The Morgan fingerprint density at radius 2 is 1.75 bits per heavy atom. The van der Waals surface area contributed by atoms with Crippen molar-refractivity contribution in [3.05, 3.63) is 64.9 Å². The van der Waals surface area contributed by atoms with Crippen molar-refractivity contribution in [2.75, 3.05) is 20.1 Å². The lowest BCUT2D eigenvalue weighted by Crippen LogP contribution is -2.50. The average molecular weight is 484 g/mol. The summed E-state index contributed by atoms with van der Waals surface area (Å²) in [5.41, 5.74) is 0.221. The zero-order chi connectivity index (χ0) is 23.9. The molecule has 1 atom stereocenters. The van der Waals surface area contributed by atoms with Crippen molar-refractivity contribution in [2.45, 2.75) is 37.8 Å². The molecular formula is C22H27ClFN3O4S. The molecule has 1 N–H and O–H groups in total. The van der Waals surface area contributed by atoms with Crippen molar-refractivity contribution in [3.63, 3.8) is 0 Å². The summed E-state index contributed by atoms with van der Waals surface area (Å²) < 4.78 is 40.8. The minimum atomic E-state index is -3.97. The smallest absolute Gasteiger partial charge is 0.243 e. The summed E-state index contributed by atoms with van der Waals surface area (Å²) in [6.45, 7) is 3.14. The summed E-state index contributed by atoms with van der Waals surface area (Å²) in [7, 11) is -2.70. The first-order valence-electron chi connectivity index (χ1n) is 10.1. The van der Waals surface area contributed by atoms with Crippen molar-refractivity contribution in [2.24, 2.45) is 0 Å². The maximum atomic E-state index is 14.2. The molecule has 2 aromatic carbocycles. The minimum absolute atomic E-state index is 0.0217. The SMILES string of the molecule is CCCNC(=O)C(C)N(Cc1ccccc1F)C(=O)CN(C)S(=O)(=O)c1ccc(Cl)cc1. The minimum Gasteiger partial charge on any atom is -0.354 e. The zero-order valence-corrected chi connectivity index (χ0v) is 19.8. The van der Waals surface area contributed by atoms with E-state index in [1.54, 1.807) is 6.07 Å². The average Bonchev–Trinajstić information content (AvgIpc) is 2.76. The number of carbonyl (C=O) groups excluding carboxylic acids is 2. The van der Waals surface area contributed by atoms with Crippen LogP contribution in [0.2, 0.25) is 5.02 Å². The number of carbonyl (C=O) groups is 2. The molecule has 0 saturated heterocycles. The Bertz CT molecular complexity index is 1050. The van der Waals surface area contributed by atoms with E-state index in [-0.39, 0.29) is 17.0 Å². The highest BCUT2D eigenvalue weighted by Gasteiger charge is 2.30. The van der Waals surface area contributed by atoms with Crippen molar-refractivity contribution in [3.8, 4) is 0 Å². The highest BCUT2D eigenvalue weighted by Crippen LogP contribution is 2.19. The molecule has 0 saturated carbocycles. The van der Waals surface area contributed by atoms with E-state index in [1.807, 2.05) is 6.92 Å². The maximum absolute atomic E-state index is 14.2. The Morgan fingerprint density at radius 3 is 2.34 bits per heavy atom. The Labute approximate surface area is 193 Å². The molecular weight excluding hydrogens is 457 g/mol. The first-order chi connectivity index (χ1) is 15.1. The molecule has 0 aromatic heterocycles. The number of benzene rings is 2. The molecule has 32 heavy (non-hydrogen) atoms. The summed E-state index contributed by atoms with van der Waals surface area (Å²) >= 11 is 5.82. The van der Waals surface area contributed by atoms with E-state index >= 15 is 0 Å². The number of sulfonamides is 1. The molecule has 2 rings (SSSR count). The van der Waals surface area contributed by atoms with Gasteiger partial charge in [-0.3, -0.25) is 9.59 Å². The van der Waals surface area contributed by atoms with Gasteiger partial charge < -0.3 is 10.2 Å². The Morgan fingerprint density at radius 1 is 1.12 bits per heavy atom. The zero-order valence-electron chi connectivity index (χ0n) is 18.2. The van der Waals surface area contributed by atoms with E-state index in [0.29, 0.717) is 18.0 Å². The fraction of sp³-hybridized carbons (Fsp3) is 0.364.